The van der Waals surface area contributed by atoms with Crippen molar-refractivity contribution >= 4 is 35.8 Å². The third-order valence-corrected chi connectivity index (χ3v) is 7.25. The number of hydrogen-bond acceptors (Lipinski definition) is 11. The van der Waals surface area contributed by atoms with Crippen molar-refractivity contribution in [3.05, 3.63) is 69.6 Å². The van der Waals surface area contributed by atoms with E-state index in [4.69, 9.17) is 23.7 Å². The minimum atomic E-state index is -0.714. The van der Waals surface area contributed by atoms with Crippen LogP contribution in [-0.4, -0.2) is 75.2 Å². The summed E-state index contributed by atoms with van der Waals surface area (Å²) in [6, 6.07) is 8.34. The molecule has 2 N–H and O–H groups in total. The van der Waals surface area contributed by atoms with Crippen LogP contribution in [0.2, 0.25) is 0 Å². The summed E-state index contributed by atoms with van der Waals surface area (Å²) in [5.41, 5.74) is 2.63. The van der Waals surface area contributed by atoms with Gasteiger partial charge in [0.1, 0.15) is 12.3 Å². The number of aromatic amines is 1. The average Bonchev–Trinajstić information content (AvgIpc) is 3.52. The predicted octanol–water partition coefficient (Wildman–Crippen LogP) is 2.05. The van der Waals surface area contributed by atoms with Crippen LogP contribution in [0, 0.1) is 0 Å². The Morgan fingerprint density at radius 2 is 1.34 bits per heavy atom. The molecular formula is C31H36N2O11. The molecule has 1 unspecified atom stereocenters. The van der Waals surface area contributed by atoms with E-state index in [0.29, 0.717) is 22.4 Å². The lowest BCUT2D eigenvalue weighted by Gasteiger charge is -2.16. The van der Waals surface area contributed by atoms with E-state index in [1.54, 1.807) is 12.1 Å². The second kappa shape index (κ2) is 16.1. The number of nitrogens with one attached hydrogen (secondary N) is 2. The number of amides is 1. The molecule has 0 bridgehead atoms. The zero-order valence-corrected chi connectivity index (χ0v) is 25.1. The van der Waals surface area contributed by atoms with Gasteiger partial charge >= 0.3 is 29.8 Å². The monoisotopic (exact) mass is 612 g/mol. The Hall–Kier alpha value is -4.94. The van der Waals surface area contributed by atoms with Gasteiger partial charge in [-0.1, -0.05) is 30.3 Å². The fourth-order valence-electron chi connectivity index (χ4n) is 4.95. The highest BCUT2D eigenvalue weighted by Crippen LogP contribution is 2.31. The highest BCUT2D eigenvalue weighted by Gasteiger charge is 2.35. The second-order valence-electron chi connectivity index (χ2n) is 9.89. The van der Waals surface area contributed by atoms with Crippen molar-refractivity contribution < 1.29 is 52.5 Å². The Balaban J connectivity index is 2.05. The Bertz CT molecular complexity index is 1430. The van der Waals surface area contributed by atoms with Gasteiger partial charge in [0.05, 0.1) is 47.3 Å². The first-order chi connectivity index (χ1) is 21.1. The van der Waals surface area contributed by atoms with Gasteiger partial charge in [0.25, 0.3) is 0 Å². The lowest BCUT2D eigenvalue weighted by molar-refractivity contribution is -0.141. The summed E-state index contributed by atoms with van der Waals surface area (Å²) < 4.78 is 24.7. The molecule has 1 aromatic carbocycles. The minimum absolute atomic E-state index is 0.0210. The number of carbonyl (C=O) groups excluding carboxylic acids is 6. The van der Waals surface area contributed by atoms with Gasteiger partial charge in [-0.15, -0.1) is 0 Å². The first kappa shape index (κ1) is 33.6. The van der Waals surface area contributed by atoms with Crippen LogP contribution in [-0.2, 0) is 73.5 Å². The molecule has 3 rings (SSSR count). The highest BCUT2D eigenvalue weighted by molar-refractivity contribution is 6.01. The maximum atomic E-state index is 13.4. The van der Waals surface area contributed by atoms with E-state index >= 15 is 0 Å². The molecule has 1 atom stereocenters. The van der Waals surface area contributed by atoms with Gasteiger partial charge in [-0.05, 0) is 35.1 Å². The molecule has 0 saturated carbocycles. The highest BCUT2D eigenvalue weighted by atomic mass is 16.5. The molecule has 1 amide bonds. The van der Waals surface area contributed by atoms with Gasteiger partial charge < -0.3 is 34.0 Å². The molecule has 0 saturated heterocycles. The van der Waals surface area contributed by atoms with Crippen molar-refractivity contribution in [2.75, 3.05) is 28.4 Å². The van der Waals surface area contributed by atoms with E-state index in [2.05, 4.69) is 10.3 Å². The summed E-state index contributed by atoms with van der Waals surface area (Å²) in [6.45, 7) is -0.0210. The zero-order chi connectivity index (χ0) is 32.2. The molecule has 0 fully saturated rings. The molecule has 13 heteroatoms. The molecule has 2 aromatic rings. The summed E-state index contributed by atoms with van der Waals surface area (Å²) >= 11 is 0. The van der Waals surface area contributed by atoms with Gasteiger partial charge in [0.2, 0.25) is 5.91 Å². The lowest BCUT2D eigenvalue weighted by atomic mass is 9.92. The first-order valence-corrected chi connectivity index (χ1v) is 13.8. The van der Waals surface area contributed by atoms with Crippen molar-refractivity contribution in [1.29, 1.82) is 0 Å². The molecule has 1 aliphatic rings. The van der Waals surface area contributed by atoms with Crippen LogP contribution in [0.5, 0.6) is 0 Å². The van der Waals surface area contributed by atoms with Gasteiger partial charge in [-0.2, -0.15) is 0 Å². The number of esters is 5. The van der Waals surface area contributed by atoms with Crippen LogP contribution in [0.4, 0.5) is 0 Å². The lowest BCUT2D eigenvalue weighted by Crippen LogP contribution is -2.31. The van der Waals surface area contributed by atoms with Crippen molar-refractivity contribution in [3.63, 3.8) is 0 Å². The van der Waals surface area contributed by atoms with Crippen LogP contribution in [0.3, 0.4) is 0 Å². The number of benzene rings is 1. The molecule has 13 nitrogen and oxygen atoms in total. The number of hydrogen-bond donors (Lipinski definition) is 2. The third kappa shape index (κ3) is 8.79. The fraction of sp³-hybridized carbons (Fsp3) is 0.419. The standard InChI is InChI=1S/C31H36N2O11/c1-40-25(34)12-10-19-22(15-28(37)43-4)30(38)33-23(19)16-24-21(14-27(36)42-3)20(11-13-26(35)41-2)29(32-24)31(39)44-17-18-8-6-5-7-9-18/h5-9,23,32H,10-17H2,1-4H3,(H,33,38). The Morgan fingerprint density at radius 1 is 0.750 bits per heavy atom. The van der Waals surface area contributed by atoms with Crippen LogP contribution in [0.15, 0.2) is 41.5 Å². The Kier molecular flexibility index (Phi) is 12.2. The molecule has 236 valence electrons. The van der Waals surface area contributed by atoms with Crippen molar-refractivity contribution in [1.82, 2.24) is 10.3 Å². The smallest absolute Gasteiger partial charge is 0.355 e. The van der Waals surface area contributed by atoms with Crippen LogP contribution in [0.1, 0.15) is 58.6 Å². The predicted molar refractivity (Wildman–Crippen MR) is 153 cm³/mol. The number of rotatable bonds is 15. The maximum Gasteiger partial charge on any atom is 0.355 e. The van der Waals surface area contributed by atoms with Crippen molar-refractivity contribution in [2.45, 2.75) is 57.6 Å². The van der Waals surface area contributed by atoms with Gasteiger partial charge in [0.15, 0.2) is 0 Å². The summed E-state index contributed by atoms with van der Waals surface area (Å²) in [5.74, 6) is -3.48. The normalized spacial score (nSPS) is 14.1. The number of aromatic nitrogens is 1. The van der Waals surface area contributed by atoms with Crippen LogP contribution < -0.4 is 5.32 Å². The summed E-state index contributed by atoms with van der Waals surface area (Å²) in [5, 5.41) is 2.83. The Morgan fingerprint density at radius 3 is 1.95 bits per heavy atom. The maximum absolute atomic E-state index is 13.4. The van der Waals surface area contributed by atoms with Crippen molar-refractivity contribution in [2.24, 2.45) is 0 Å². The van der Waals surface area contributed by atoms with Crippen LogP contribution >= 0.6 is 0 Å². The van der Waals surface area contributed by atoms with E-state index in [-0.39, 0.29) is 62.8 Å². The van der Waals surface area contributed by atoms with Crippen molar-refractivity contribution in [3.8, 4) is 0 Å². The number of carbonyl (C=O) groups is 6. The van der Waals surface area contributed by atoms with E-state index in [9.17, 15) is 28.8 Å². The van der Waals surface area contributed by atoms with E-state index in [1.807, 2.05) is 18.2 Å². The second-order valence-corrected chi connectivity index (χ2v) is 9.89. The van der Waals surface area contributed by atoms with E-state index in [1.165, 1.54) is 28.4 Å². The summed E-state index contributed by atoms with van der Waals surface area (Å²) in [4.78, 5) is 78.0. The topological polar surface area (TPSA) is 176 Å². The molecule has 1 aromatic heterocycles. The van der Waals surface area contributed by atoms with Gasteiger partial charge in [-0.25, -0.2) is 4.79 Å². The molecule has 0 radical (unpaired) electrons. The summed E-state index contributed by atoms with van der Waals surface area (Å²) in [6.07, 6.45) is -0.496. The third-order valence-electron chi connectivity index (χ3n) is 7.25. The average molecular weight is 613 g/mol. The SMILES string of the molecule is COC(=O)CCC1=C(CC(=O)OC)C(=O)NC1Cc1[nH]c(C(=O)OCc2ccccc2)c(CCC(=O)OC)c1CC(=O)OC. The molecule has 2 heterocycles. The van der Waals surface area contributed by atoms with Gasteiger partial charge in [0, 0.05) is 30.5 Å². The molecule has 1 aliphatic heterocycles. The number of ether oxygens (including phenoxy) is 5. The molecule has 0 spiro atoms. The Labute approximate surface area is 254 Å². The number of methoxy groups -OCH3 is 4. The minimum Gasteiger partial charge on any atom is -0.469 e. The first-order valence-electron chi connectivity index (χ1n) is 13.8. The molecule has 0 aliphatic carbocycles. The zero-order valence-electron chi connectivity index (χ0n) is 25.1. The largest absolute Gasteiger partial charge is 0.469 e. The van der Waals surface area contributed by atoms with Crippen LogP contribution in [0.25, 0.3) is 0 Å². The fourth-order valence-corrected chi connectivity index (χ4v) is 4.95. The van der Waals surface area contributed by atoms with Gasteiger partial charge in [-0.3, -0.25) is 24.0 Å². The number of H-pyrrole nitrogens is 1. The molecular weight excluding hydrogens is 576 g/mol. The summed E-state index contributed by atoms with van der Waals surface area (Å²) in [7, 11) is 4.91. The molecule has 44 heavy (non-hydrogen) atoms. The van der Waals surface area contributed by atoms with E-state index in [0.717, 1.165) is 5.56 Å². The quantitative estimate of drug-likeness (QED) is 0.222. The van der Waals surface area contributed by atoms with E-state index < -0.39 is 41.8 Å².